The van der Waals surface area contributed by atoms with Crippen molar-refractivity contribution in [1.29, 1.82) is 0 Å². The fraction of sp³-hybridized carbons (Fsp3) is 0.654. The van der Waals surface area contributed by atoms with Crippen LogP contribution in [0.5, 0.6) is 0 Å². The fourth-order valence-electron chi connectivity index (χ4n) is 5.74. The van der Waals surface area contributed by atoms with Crippen LogP contribution in [-0.4, -0.2) is 56.7 Å². The first kappa shape index (κ1) is 28.1. The Morgan fingerprint density at radius 1 is 1.08 bits per heavy atom. The highest BCUT2D eigenvalue weighted by Crippen LogP contribution is 2.45. The molecule has 9 nitrogen and oxygen atoms in total. The van der Waals surface area contributed by atoms with Crippen LogP contribution in [0.3, 0.4) is 0 Å². The van der Waals surface area contributed by atoms with Crippen molar-refractivity contribution in [2.24, 2.45) is 5.41 Å². The molecule has 4 rings (SSSR count). The number of benzene rings is 1. The van der Waals surface area contributed by atoms with Crippen molar-refractivity contribution >= 4 is 36.3 Å². The maximum atomic E-state index is 13.6. The molecule has 2 atom stereocenters. The van der Waals surface area contributed by atoms with Crippen LogP contribution >= 0.6 is 12.4 Å². The highest BCUT2D eigenvalue weighted by molar-refractivity contribution is 5.97. The van der Waals surface area contributed by atoms with Gasteiger partial charge in [-0.2, -0.15) is 0 Å². The van der Waals surface area contributed by atoms with E-state index in [2.05, 4.69) is 22.8 Å². The third kappa shape index (κ3) is 6.06. The summed E-state index contributed by atoms with van der Waals surface area (Å²) in [4.78, 5) is 39.9. The van der Waals surface area contributed by atoms with Gasteiger partial charge in [0.1, 0.15) is 0 Å². The number of nitrogens with one attached hydrogen (secondary N) is 2. The molecule has 1 aliphatic carbocycles. The molecule has 2 heterocycles. The first-order chi connectivity index (χ1) is 16.9. The zero-order valence-corrected chi connectivity index (χ0v) is 21.9. The molecule has 0 radical (unpaired) electrons. The normalized spacial score (nSPS) is 22.7. The second kappa shape index (κ2) is 12.6. The largest absolute Gasteiger partial charge is 0.511 e. The minimum atomic E-state index is -1.08. The van der Waals surface area contributed by atoms with Gasteiger partial charge in [-0.15, -0.1) is 12.4 Å². The summed E-state index contributed by atoms with van der Waals surface area (Å²) in [6.45, 7) is 5.74. The molecular weight excluding hydrogens is 486 g/mol. The quantitative estimate of drug-likeness (QED) is 0.400. The van der Waals surface area contributed by atoms with Gasteiger partial charge in [-0.3, -0.25) is 9.69 Å². The Labute approximate surface area is 219 Å². The summed E-state index contributed by atoms with van der Waals surface area (Å²) in [5.74, 6) is 0.0841. The Bertz CT molecular complexity index is 899. The van der Waals surface area contributed by atoms with Crippen molar-refractivity contribution in [3.05, 3.63) is 29.8 Å². The molecule has 1 saturated carbocycles. The standard InChI is InChI=1S/C26H37N3O6.ClH/c1-3-33-25(32)35-18(2)34-23(30)26(13-5-4-6-14-26)22-17-28-24(31)29(22)21-9-7-19(8-10-21)20-11-15-27-16-12-20;/h7-10,18,20,22,27H,3-6,11-17H2,1-2H3,(H,28,31);1H. The predicted octanol–water partition coefficient (Wildman–Crippen LogP) is 4.49. The molecule has 0 spiro atoms. The molecule has 2 unspecified atom stereocenters. The SMILES string of the molecule is CCOC(=O)OC(C)OC(=O)C1(C2CNC(=O)N2c2ccc(C3CCNCC3)cc2)CCCCC1.Cl. The van der Waals surface area contributed by atoms with Crippen LogP contribution in [0.15, 0.2) is 24.3 Å². The minimum Gasteiger partial charge on any atom is -0.435 e. The van der Waals surface area contributed by atoms with E-state index in [1.54, 1.807) is 11.8 Å². The monoisotopic (exact) mass is 523 g/mol. The lowest BCUT2D eigenvalue weighted by Crippen LogP contribution is -2.53. The average molecular weight is 524 g/mol. The van der Waals surface area contributed by atoms with Gasteiger partial charge in [0.2, 0.25) is 6.29 Å². The van der Waals surface area contributed by atoms with Gasteiger partial charge < -0.3 is 24.8 Å². The molecule has 1 aromatic carbocycles. The van der Waals surface area contributed by atoms with Gasteiger partial charge in [0.15, 0.2) is 0 Å². The number of esters is 1. The molecule has 36 heavy (non-hydrogen) atoms. The van der Waals surface area contributed by atoms with Crippen molar-refractivity contribution in [1.82, 2.24) is 10.6 Å². The Kier molecular flexibility index (Phi) is 9.84. The Hall–Kier alpha value is -2.52. The second-order valence-electron chi connectivity index (χ2n) is 9.68. The van der Waals surface area contributed by atoms with Crippen molar-refractivity contribution in [3.8, 4) is 0 Å². The Balaban J connectivity index is 0.00000361. The lowest BCUT2D eigenvalue weighted by Gasteiger charge is -2.42. The molecule has 2 N–H and O–H groups in total. The summed E-state index contributed by atoms with van der Waals surface area (Å²) in [5.41, 5.74) is 1.18. The highest BCUT2D eigenvalue weighted by atomic mass is 35.5. The van der Waals surface area contributed by atoms with Crippen LogP contribution in [0.2, 0.25) is 0 Å². The van der Waals surface area contributed by atoms with E-state index in [4.69, 9.17) is 14.2 Å². The summed E-state index contributed by atoms with van der Waals surface area (Å²) >= 11 is 0. The zero-order chi connectivity index (χ0) is 24.8. The predicted molar refractivity (Wildman–Crippen MR) is 137 cm³/mol. The first-order valence-electron chi connectivity index (χ1n) is 12.9. The molecule has 2 saturated heterocycles. The third-order valence-electron chi connectivity index (χ3n) is 7.55. The molecular formula is C26H38ClN3O6. The molecule has 0 aromatic heterocycles. The summed E-state index contributed by atoms with van der Waals surface area (Å²) in [5, 5.41) is 6.33. The molecule has 3 fully saturated rings. The number of halogens is 1. The van der Waals surface area contributed by atoms with Crippen LogP contribution < -0.4 is 15.5 Å². The number of carbonyl (C=O) groups excluding carboxylic acids is 3. The van der Waals surface area contributed by atoms with Crippen LogP contribution in [0.1, 0.15) is 70.3 Å². The maximum absolute atomic E-state index is 13.6. The third-order valence-corrected chi connectivity index (χ3v) is 7.55. The van der Waals surface area contributed by atoms with E-state index in [1.807, 2.05) is 12.1 Å². The number of urea groups is 1. The van der Waals surface area contributed by atoms with Crippen LogP contribution in [0.4, 0.5) is 15.3 Å². The summed E-state index contributed by atoms with van der Waals surface area (Å²) in [6.07, 6.45) is 4.25. The fourth-order valence-corrected chi connectivity index (χ4v) is 5.74. The molecule has 1 aromatic rings. The van der Waals surface area contributed by atoms with Gasteiger partial charge in [0.25, 0.3) is 0 Å². The van der Waals surface area contributed by atoms with E-state index in [9.17, 15) is 14.4 Å². The number of rotatable bonds is 7. The van der Waals surface area contributed by atoms with Crippen molar-refractivity contribution in [3.63, 3.8) is 0 Å². The van der Waals surface area contributed by atoms with Crippen molar-refractivity contribution in [2.75, 3.05) is 31.1 Å². The van der Waals surface area contributed by atoms with Gasteiger partial charge in [-0.25, -0.2) is 9.59 Å². The summed E-state index contributed by atoms with van der Waals surface area (Å²) < 4.78 is 15.5. The smallest absolute Gasteiger partial charge is 0.435 e. The number of hydrogen-bond acceptors (Lipinski definition) is 7. The van der Waals surface area contributed by atoms with Gasteiger partial charge in [0, 0.05) is 19.2 Å². The molecule has 2 aliphatic heterocycles. The van der Waals surface area contributed by atoms with E-state index < -0.39 is 23.8 Å². The minimum absolute atomic E-state index is 0. The van der Waals surface area contributed by atoms with Gasteiger partial charge in [-0.05, 0) is 69.3 Å². The van der Waals surface area contributed by atoms with Gasteiger partial charge >= 0.3 is 18.2 Å². The van der Waals surface area contributed by atoms with Crippen molar-refractivity contribution in [2.45, 2.75) is 77.0 Å². The zero-order valence-electron chi connectivity index (χ0n) is 21.1. The average Bonchev–Trinajstić information content (AvgIpc) is 3.26. The van der Waals surface area contributed by atoms with E-state index in [0.29, 0.717) is 25.3 Å². The van der Waals surface area contributed by atoms with E-state index >= 15 is 0 Å². The molecule has 2 amide bonds. The van der Waals surface area contributed by atoms with Crippen LogP contribution in [-0.2, 0) is 19.0 Å². The topological polar surface area (TPSA) is 106 Å². The lowest BCUT2D eigenvalue weighted by atomic mass is 9.68. The van der Waals surface area contributed by atoms with E-state index in [-0.39, 0.29) is 31.1 Å². The molecule has 200 valence electrons. The maximum Gasteiger partial charge on any atom is 0.511 e. The van der Waals surface area contributed by atoms with Gasteiger partial charge in [-0.1, -0.05) is 31.4 Å². The van der Waals surface area contributed by atoms with Crippen molar-refractivity contribution < 1.29 is 28.6 Å². The Morgan fingerprint density at radius 2 is 1.75 bits per heavy atom. The highest BCUT2D eigenvalue weighted by Gasteiger charge is 2.54. The number of carbonyl (C=O) groups is 3. The summed E-state index contributed by atoms with van der Waals surface area (Å²) in [6, 6.07) is 7.60. The first-order valence-corrected chi connectivity index (χ1v) is 12.9. The number of hydrogen-bond donors (Lipinski definition) is 2. The number of amides is 2. The molecule has 10 heteroatoms. The summed E-state index contributed by atoms with van der Waals surface area (Å²) in [7, 11) is 0. The molecule has 0 bridgehead atoms. The van der Waals surface area contributed by atoms with Gasteiger partial charge in [0.05, 0.1) is 18.1 Å². The van der Waals surface area contributed by atoms with E-state index in [1.165, 1.54) is 12.5 Å². The van der Waals surface area contributed by atoms with E-state index in [0.717, 1.165) is 50.9 Å². The van der Waals surface area contributed by atoms with Crippen LogP contribution in [0.25, 0.3) is 0 Å². The number of ether oxygens (including phenoxy) is 3. The number of nitrogens with zero attached hydrogens (tertiary/aromatic N) is 1. The lowest BCUT2D eigenvalue weighted by molar-refractivity contribution is -0.183. The molecule has 3 aliphatic rings. The Morgan fingerprint density at radius 3 is 2.39 bits per heavy atom. The van der Waals surface area contributed by atoms with Crippen LogP contribution in [0, 0.1) is 5.41 Å². The number of anilines is 1. The number of piperidine rings is 1. The second-order valence-corrected chi connectivity index (χ2v) is 9.68.